The molecule has 0 spiro atoms. The Bertz CT molecular complexity index is 483. The normalized spacial score (nSPS) is 11.1. The fraction of sp³-hybridized carbons (Fsp3) is 0.300. The van der Waals surface area contributed by atoms with E-state index < -0.39 is 5.82 Å². The Labute approximate surface area is 94.4 Å². The van der Waals surface area contributed by atoms with E-state index in [4.69, 9.17) is 9.15 Å². The minimum Gasteiger partial charge on any atom is -0.438 e. The van der Waals surface area contributed by atoms with Gasteiger partial charge in [0.1, 0.15) is 5.52 Å². The van der Waals surface area contributed by atoms with Gasteiger partial charge in [-0.25, -0.2) is 9.37 Å². The van der Waals surface area contributed by atoms with Crippen LogP contribution in [0.15, 0.2) is 21.0 Å². The fourth-order valence-electron chi connectivity index (χ4n) is 1.30. The van der Waals surface area contributed by atoms with E-state index in [1.807, 2.05) is 0 Å². The van der Waals surface area contributed by atoms with Crippen LogP contribution in [0.4, 0.5) is 4.39 Å². The summed E-state index contributed by atoms with van der Waals surface area (Å²) < 4.78 is 24.2. The second-order valence-electron chi connectivity index (χ2n) is 3.09. The van der Waals surface area contributed by atoms with Crippen molar-refractivity contribution < 1.29 is 13.5 Å². The first-order valence-electron chi connectivity index (χ1n) is 4.44. The molecule has 0 fully saturated rings. The van der Waals surface area contributed by atoms with E-state index in [0.717, 1.165) is 0 Å². The molecule has 0 unspecified atom stereocenters. The summed E-state index contributed by atoms with van der Waals surface area (Å²) in [6, 6.07) is 3.08. The number of fused-ring (bicyclic) bond motifs is 1. The van der Waals surface area contributed by atoms with Crippen LogP contribution < -0.4 is 0 Å². The Morgan fingerprint density at radius 1 is 1.53 bits per heavy atom. The molecule has 3 nitrogen and oxygen atoms in total. The molecular formula is C10H9BrFNO2. The van der Waals surface area contributed by atoms with E-state index in [2.05, 4.69) is 20.9 Å². The van der Waals surface area contributed by atoms with Gasteiger partial charge < -0.3 is 9.15 Å². The molecule has 0 amide bonds. The van der Waals surface area contributed by atoms with Gasteiger partial charge in [-0.15, -0.1) is 0 Å². The van der Waals surface area contributed by atoms with Gasteiger partial charge in [0.2, 0.25) is 0 Å². The Kier molecular flexibility index (Phi) is 3.02. The lowest BCUT2D eigenvalue weighted by molar-refractivity contribution is 0.195. The Morgan fingerprint density at radius 3 is 3.07 bits per heavy atom. The van der Waals surface area contributed by atoms with Crippen molar-refractivity contribution in [1.29, 1.82) is 0 Å². The number of hydrogen-bond donors (Lipinski definition) is 0. The van der Waals surface area contributed by atoms with Crippen molar-refractivity contribution >= 4 is 27.0 Å². The third kappa shape index (κ3) is 2.18. The molecule has 0 atom stereocenters. The number of nitrogens with zero attached hydrogens (tertiary/aromatic N) is 1. The lowest BCUT2D eigenvalue weighted by Gasteiger charge is -1.92. The fourth-order valence-corrected chi connectivity index (χ4v) is 1.72. The van der Waals surface area contributed by atoms with Gasteiger partial charge in [0.05, 0.1) is 6.61 Å². The molecule has 0 radical (unpaired) electrons. The monoisotopic (exact) mass is 273 g/mol. The maximum Gasteiger partial charge on any atom is 0.197 e. The zero-order valence-corrected chi connectivity index (χ0v) is 9.67. The topological polar surface area (TPSA) is 35.3 Å². The van der Waals surface area contributed by atoms with Gasteiger partial charge in [-0.1, -0.05) is 15.9 Å². The highest BCUT2D eigenvalue weighted by Crippen LogP contribution is 2.23. The Hall–Kier alpha value is -0.940. The van der Waals surface area contributed by atoms with Crippen LogP contribution in [0.5, 0.6) is 0 Å². The van der Waals surface area contributed by atoms with Crippen LogP contribution >= 0.6 is 15.9 Å². The first-order chi connectivity index (χ1) is 7.20. The summed E-state index contributed by atoms with van der Waals surface area (Å²) in [5, 5.41) is 0. The molecule has 5 heteroatoms. The molecule has 0 aliphatic rings. The van der Waals surface area contributed by atoms with E-state index in [1.165, 1.54) is 6.07 Å². The van der Waals surface area contributed by atoms with Crippen molar-refractivity contribution in [1.82, 2.24) is 4.98 Å². The van der Waals surface area contributed by atoms with Crippen LogP contribution in [0.2, 0.25) is 0 Å². The predicted molar refractivity (Wildman–Crippen MR) is 57.2 cm³/mol. The second kappa shape index (κ2) is 4.28. The largest absolute Gasteiger partial charge is 0.438 e. The molecule has 1 aromatic heterocycles. The lowest BCUT2D eigenvalue weighted by Crippen LogP contribution is -1.93. The van der Waals surface area contributed by atoms with Gasteiger partial charge in [0.15, 0.2) is 17.3 Å². The minimum atomic E-state index is -0.407. The third-order valence-electron chi connectivity index (χ3n) is 1.97. The molecule has 2 rings (SSSR count). The summed E-state index contributed by atoms with van der Waals surface area (Å²) in [7, 11) is 1.60. The number of ether oxygens (including phenoxy) is 1. The van der Waals surface area contributed by atoms with Crippen LogP contribution in [-0.4, -0.2) is 18.7 Å². The van der Waals surface area contributed by atoms with E-state index in [1.54, 1.807) is 13.2 Å². The van der Waals surface area contributed by atoms with Crippen molar-refractivity contribution in [3.63, 3.8) is 0 Å². The maximum atomic E-state index is 13.4. The Morgan fingerprint density at radius 2 is 2.33 bits per heavy atom. The van der Waals surface area contributed by atoms with Crippen LogP contribution in [0.25, 0.3) is 11.1 Å². The first-order valence-corrected chi connectivity index (χ1v) is 5.23. The van der Waals surface area contributed by atoms with Crippen molar-refractivity contribution in [2.24, 2.45) is 0 Å². The molecule has 0 aliphatic heterocycles. The van der Waals surface area contributed by atoms with E-state index >= 15 is 0 Å². The molecule has 0 saturated heterocycles. The molecule has 15 heavy (non-hydrogen) atoms. The van der Waals surface area contributed by atoms with Gasteiger partial charge in [0.25, 0.3) is 0 Å². The summed E-state index contributed by atoms with van der Waals surface area (Å²) in [6.07, 6.45) is 0.544. The predicted octanol–water partition coefficient (Wildman–Crippen LogP) is 2.92. The number of hydrogen-bond acceptors (Lipinski definition) is 3. The molecule has 1 aromatic carbocycles. The number of oxazole rings is 1. The molecule has 0 aliphatic carbocycles. The SMILES string of the molecule is COCCc1nc2cc(Br)cc(F)c2o1. The van der Waals surface area contributed by atoms with Crippen molar-refractivity contribution in [3.8, 4) is 0 Å². The second-order valence-corrected chi connectivity index (χ2v) is 4.00. The van der Waals surface area contributed by atoms with Gasteiger partial charge >= 0.3 is 0 Å². The minimum absolute atomic E-state index is 0.198. The maximum absolute atomic E-state index is 13.4. The van der Waals surface area contributed by atoms with Gasteiger partial charge in [-0.3, -0.25) is 0 Å². The van der Waals surface area contributed by atoms with E-state index in [9.17, 15) is 4.39 Å². The van der Waals surface area contributed by atoms with E-state index in [-0.39, 0.29) is 5.58 Å². The molecular weight excluding hydrogens is 265 g/mol. The van der Waals surface area contributed by atoms with Crippen LogP contribution in [0.3, 0.4) is 0 Å². The standard InChI is InChI=1S/C10H9BrFNO2/c1-14-3-2-9-13-8-5-6(11)4-7(12)10(8)15-9/h4-5H,2-3H2,1H3. The first kappa shape index (κ1) is 10.6. The molecule has 0 saturated carbocycles. The van der Waals surface area contributed by atoms with Gasteiger partial charge in [-0.2, -0.15) is 0 Å². The molecule has 0 bridgehead atoms. The highest BCUT2D eigenvalue weighted by atomic mass is 79.9. The molecule has 2 aromatic rings. The van der Waals surface area contributed by atoms with Crippen LogP contribution in [0.1, 0.15) is 5.89 Å². The average molecular weight is 274 g/mol. The van der Waals surface area contributed by atoms with Gasteiger partial charge in [-0.05, 0) is 12.1 Å². The summed E-state index contributed by atoms with van der Waals surface area (Å²) in [6.45, 7) is 0.510. The number of halogens is 2. The zero-order chi connectivity index (χ0) is 10.8. The third-order valence-corrected chi connectivity index (χ3v) is 2.43. The number of methoxy groups -OCH3 is 1. The average Bonchev–Trinajstić information content (AvgIpc) is 2.57. The number of benzene rings is 1. The van der Waals surface area contributed by atoms with Crippen LogP contribution in [-0.2, 0) is 11.2 Å². The smallest absolute Gasteiger partial charge is 0.197 e. The lowest BCUT2D eigenvalue weighted by atomic mass is 10.3. The highest BCUT2D eigenvalue weighted by Gasteiger charge is 2.10. The summed E-state index contributed by atoms with van der Waals surface area (Å²) in [5.41, 5.74) is 0.720. The molecule has 0 N–H and O–H groups in total. The quantitative estimate of drug-likeness (QED) is 0.863. The molecule has 80 valence electrons. The highest BCUT2D eigenvalue weighted by molar-refractivity contribution is 9.10. The van der Waals surface area contributed by atoms with Gasteiger partial charge in [0, 0.05) is 18.0 Å². The summed E-state index contributed by atoms with van der Waals surface area (Å²) >= 11 is 3.20. The van der Waals surface area contributed by atoms with Crippen LogP contribution in [0, 0.1) is 5.82 Å². The molecule has 1 heterocycles. The van der Waals surface area contributed by atoms with E-state index in [0.29, 0.717) is 28.9 Å². The zero-order valence-electron chi connectivity index (χ0n) is 8.09. The summed E-state index contributed by atoms with van der Waals surface area (Å²) in [5.74, 6) is 0.0828. The van der Waals surface area contributed by atoms with Crippen molar-refractivity contribution in [3.05, 3.63) is 28.3 Å². The Balaban J connectivity index is 2.41. The van der Waals surface area contributed by atoms with Crippen molar-refractivity contribution in [2.75, 3.05) is 13.7 Å². The number of aromatic nitrogens is 1. The van der Waals surface area contributed by atoms with Crippen molar-refractivity contribution in [2.45, 2.75) is 6.42 Å². The number of rotatable bonds is 3. The summed E-state index contributed by atoms with van der Waals surface area (Å²) in [4.78, 5) is 4.16.